The second kappa shape index (κ2) is 6.44. The fourth-order valence-corrected chi connectivity index (χ4v) is 2.87. The Morgan fingerprint density at radius 1 is 0.769 bits per heavy atom. The number of hydrogen-bond donors (Lipinski definition) is 0. The van der Waals surface area contributed by atoms with Crippen LogP contribution in [0.3, 0.4) is 0 Å². The molecular formula is C21H12F2O3. The van der Waals surface area contributed by atoms with Gasteiger partial charge in [0.2, 0.25) is 0 Å². The molecule has 5 heteroatoms. The molecule has 3 nitrogen and oxygen atoms in total. The normalized spacial score (nSPS) is 10.8. The maximum Gasteiger partial charge on any atom is 0.519 e. The molecule has 0 aromatic heterocycles. The van der Waals surface area contributed by atoms with Crippen molar-refractivity contribution in [1.82, 2.24) is 0 Å². The molecule has 0 heterocycles. The lowest BCUT2D eigenvalue weighted by atomic mass is 10.0. The maximum absolute atomic E-state index is 14.4. The van der Waals surface area contributed by atoms with Gasteiger partial charge in [-0.3, -0.25) is 0 Å². The minimum Gasteiger partial charge on any atom is -0.395 e. The lowest BCUT2D eigenvalue weighted by Gasteiger charge is -2.12. The molecule has 0 saturated carbocycles. The Bertz CT molecular complexity index is 1120. The van der Waals surface area contributed by atoms with Crippen LogP contribution in [0.15, 0.2) is 72.8 Å². The predicted molar refractivity (Wildman–Crippen MR) is 94.5 cm³/mol. The van der Waals surface area contributed by atoms with Crippen molar-refractivity contribution in [2.24, 2.45) is 0 Å². The molecule has 0 saturated heterocycles. The summed E-state index contributed by atoms with van der Waals surface area (Å²) in [5.74, 6) is -1.22. The molecule has 128 valence electrons. The van der Waals surface area contributed by atoms with Gasteiger partial charge >= 0.3 is 6.16 Å². The lowest BCUT2D eigenvalue weighted by molar-refractivity contribution is 0.153. The van der Waals surface area contributed by atoms with Crippen LogP contribution in [0.5, 0.6) is 11.5 Å². The van der Waals surface area contributed by atoms with Crippen molar-refractivity contribution < 1.29 is 23.0 Å². The van der Waals surface area contributed by atoms with Gasteiger partial charge in [-0.2, -0.15) is 0 Å². The Morgan fingerprint density at radius 3 is 2.31 bits per heavy atom. The van der Waals surface area contributed by atoms with Crippen LogP contribution in [0.1, 0.15) is 0 Å². The van der Waals surface area contributed by atoms with Gasteiger partial charge in [0.15, 0.2) is 5.75 Å². The molecule has 0 N–H and O–H groups in total. The molecule has 4 rings (SSSR count). The number of halogens is 2. The smallest absolute Gasteiger partial charge is 0.395 e. The number of fused-ring (bicyclic) bond motifs is 2. The third-order valence-corrected chi connectivity index (χ3v) is 3.96. The number of benzene rings is 4. The molecule has 26 heavy (non-hydrogen) atoms. The average Bonchev–Trinajstić information content (AvgIpc) is 2.61. The minimum atomic E-state index is -1.00. The zero-order chi connectivity index (χ0) is 18.1. The quantitative estimate of drug-likeness (QED) is 0.258. The summed E-state index contributed by atoms with van der Waals surface area (Å²) in [5.41, 5.74) is 0. The molecule has 0 unspecified atom stereocenters. The summed E-state index contributed by atoms with van der Waals surface area (Å²) in [6, 6.07) is 19.0. The lowest BCUT2D eigenvalue weighted by Crippen LogP contribution is -2.14. The molecule has 0 atom stereocenters. The standard InChI is InChI=1S/C21H12F2O3/c22-15-11-14-10-13-6-4-5-9-17(13)20(19(14)18(23)12-15)26-21(24)25-16-7-2-1-3-8-16/h1-12H. The highest BCUT2D eigenvalue weighted by molar-refractivity contribution is 6.06. The van der Waals surface area contributed by atoms with Crippen LogP contribution in [0, 0.1) is 11.6 Å². The monoisotopic (exact) mass is 350 g/mol. The molecule has 0 aliphatic heterocycles. The van der Waals surface area contributed by atoms with E-state index in [1.165, 1.54) is 6.07 Å². The Morgan fingerprint density at radius 2 is 1.50 bits per heavy atom. The summed E-state index contributed by atoms with van der Waals surface area (Å²) in [4.78, 5) is 12.2. The van der Waals surface area contributed by atoms with Gasteiger partial charge in [-0.05, 0) is 35.0 Å². The zero-order valence-corrected chi connectivity index (χ0v) is 13.4. The maximum atomic E-state index is 14.4. The Kier molecular flexibility index (Phi) is 3.97. The summed E-state index contributed by atoms with van der Waals surface area (Å²) < 4.78 is 38.5. The van der Waals surface area contributed by atoms with Crippen LogP contribution in [-0.2, 0) is 0 Å². The Labute approximate surface area is 147 Å². The molecule has 0 radical (unpaired) electrons. The summed E-state index contributed by atoms with van der Waals surface area (Å²) in [7, 11) is 0. The van der Waals surface area contributed by atoms with Gasteiger partial charge < -0.3 is 9.47 Å². The first-order valence-corrected chi connectivity index (χ1v) is 7.87. The molecule has 0 amide bonds. The molecule has 0 aliphatic carbocycles. The number of ether oxygens (including phenoxy) is 2. The van der Waals surface area contributed by atoms with Crippen LogP contribution in [0.2, 0.25) is 0 Å². The van der Waals surface area contributed by atoms with Crippen molar-refractivity contribution in [2.75, 3.05) is 0 Å². The first kappa shape index (κ1) is 16.0. The Hall–Kier alpha value is -3.47. The topological polar surface area (TPSA) is 35.5 Å². The largest absolute Gasteiger partial charge is 0.519 e. The first-order chi connectivity index (χ1) is 12.6. The van der Waals surface area contributed by atoms with Gasteiger partial charge in [0.1, 0.15) is 17.4 Å². The third-order valence-electron chi connectivity index (χ3n) is 3.96. The van der Waals surface area contributed by atoms with Crippen molar-refractivity contribution in [3.63, 3.8) is 0 Å². The predicted octanol–water partition coefficient (Wildman–Crippen LogP) is 5.85. The number of carbonyl (C=O) groups is 1. The highest BCUT2D eigenvalue weighted by Gasteiger charge is 2.18. The molecule has 4 aromatic rings. The fourth-order valence-electron chi connectivity index (χ4n) is 2.87. The Balaban J connectivity index is 1.84. The van der Waals surface area contributed by atoms with Crippen molar-refractivity contribution in [3.8, 4) is 11.5 Å². The molecule has 0 fully saturated rings. The van der Waals surface area contributed by atoms with Crippen LogP contribution in [0.25, 0.3) is 21.5 Å². The van der Waals surface area contributed by atoms with E-state index in [0.717, 1.165) is 6.07 Å². The highest BCUT2D eigenvalue weighted by Crippen LogP contribution is 2.37. The van der Waals surface area contributed by atoms with Gasteiger partial charge in [0, 0.05) is 11.5 Å². The van der Waals surface area contributed by atoms with Crippen LogP contribution >= 0.6 is 0 Å². The van der Waals surface area contributed by atoms with Gasteiger partial charge in [0.25, 0.3) is 0 Å². The molecular weight excluding hydrogens is 338 g/mol. The number of para-hydroxylation sites is 1. The average molecular weight is 350 g/mol. The van der Waals surface area contributed by atoms with E-state index in [1.54, 1.807) is 60.7 Å². The zero-order valence-electron chi connectivity index (χ0n) is 13.4. The minimum absolute atomic E-state index is 0.00321. The van der Waals surface area contributed by atoms with Crippen LogP contribution < -0.4 is 9.47 Å². The van der Waals surface area contributed by atoms with E-state index in [4.69, 9.17) is 9.47 Å². The van der Waals surface area contributed by atoms with E-state index in [1.807, 2.05) is 0 Å². The molecule has 0 spiro atoms. The van der Waals surface area contributed by atoms with E-state index >= 15 is 0 Å². The number of carbonyl (C=O) groups excluding carboxylic acids is 1. The molecule has 0 aliphatic rings. The van der Waals surface area contributed by atoms with Gasteiger partial charge in [-0.15, -0.1) is 0 Å². The van der Waals surface area contributed by atoms with Crippen molar-refractivity contribution in [2.45, 2.75) is 0 Å². The SMILES string of the molecule is O=C(Oc1ccccc1)Oc1c2ccccc2cc2cc(F)cc(F)c12. The number of hydrogen-bond acceptors (Lipinski definition) is 3. The van der Waals surface area contributed by atoms with Crippen molar-refractivity contribution in [1.29, 1.82) is 0 Å². The number of rotatable bonds is 2. The van der Waals surface area contributed by atoms with Crippen molar-refractivity contribution >= 4 is 27.7 Å². The third kappa shape index (κ3) is 2.95. The second-order valence-corrected chi connectivity index (χ2v) is 5.68. The molecule has 0 bridgehead atoms. The van der Waals surface area contributed by atoms with Gasteiger partial charge in [-0.1, -0.05) is 42.5 Å². The molecule has 4 aromatic carbocycles. The second-order valence-electron chi connectivity index (χ2n) is 5.68. The van der Waals surface area contributed by atoms with Crippen molar-refractivity contribution in [3.05, 3.63) is 84.4 Å². The summed E-state index contributed by atoms with van der Waals surface area (Å²) >= 11 is 0. The van der Waals surface area contributed by atoms with E-state index in [-0.39, 0.29) is 11.1 Å². The summed E-state index contributed by atoms with van der Waals surface area (Å²) in [6.07, 6.45) is -1.00. The van der Waals surface area contributed by atoms with E-state index < -0.39 is 17.8 Å². The van der Waals surface area contributed by atoms with Crippen LogP contribution in [0.4, 0.5) is 13.6 Å². The van der Waals surface area contributed by atoms with Gasteiger partial charge in [0.05, 0.1) is 5.39 Å². The summed E-state index contributed by atoms with van der Waals surface area (Å²) in [5, 5.41) is 1.53. The van der Waals surface area contributed by atoms with Gasteiger partial charge in [-0.25, -0.2) is 13.6 Å². The van der Waals surface area contributed by atoms with E-state index in [0.29, 0.717) is 21.9 Å². The van der Waals surface area contributed by atoms with E-state index in [9.17, 15) is 13.6 Å². The van der Waals surface area contributed by atoms with E-state index in [2.05, 4.69) is 0 Å². The first-order valence-electron chi connectivity index (χ1n) is 7.87. The fraction of sp³-hybridized carbons (Fsp3) is 0. The summed E-state index contributed by atoms with van der Waals surface area (Å²) in [6.45, 7) is 0. The van der Waals surface area contributed by atoms with Crippen LogP contribution in [-0.4, -0.2) is 6.16 Å². The highest BCUT2D eigenvalue weighted by atomic mass is 19.1.